The summed E-state index contributed by atoms with van der Waals surface area (Å²) in [6.07, 6.45) is 0. The van der Waals surface area contributed by atoms with E-state index >= 15 is 0 Å². The summed E-state index contributed by atoms with van der Waals surface area (Å²) in [5.41, 5.74) is 1.56. The van der Waals surface area contributed by atoms with Crippen molar-refractivity contribution < 1.29 is 14.5 Å². The van der Waals surface area contributed by atoms with Crippen LogP contribution < -0.4 is 10.1 Å². The van der Waals surface area contributed by atoms with Gasteiger partial charge in [-0.25, -0.2) is 0 Å². The normalized spacial score (nSPS) is 15.0. The van der Waals surface area contributed by atoms with Gasteiger partial charge >= 0.3 is 0 Å². The number of amides is 1. The molecule has 0 radical (unpaired) electrons. The van der Waals surface area contributed by atoms with Crippen molar-refractivity contribution in [1.82, 2.24) is 15.1 Å². The van der Waals surface area contributed by atoms with Crippen LogP contribution in [0.5, 0.6) is 5.75 Å². The zero-order valence-corrected chi connectivity index (χ0v) is 17.6. The molecule has 3 rings (SSSR count). The lowest BCUT2D eigenvalue weighted by Crippen LogP contribution is -2.49. The maximum atomic E-state index is 12.3. The zero-order chi connectivity index (χ0) is 21.5. The number of nitrogens with zero attached hydrogens (tertiary/aromatic N) is 3. The van der Waals surface area contributed by atoms with Gasteiger partial charge in [0.05, 0.1) is 18.6 Å². The third kappa shape index (κ3) is 5.91. The number of hydrogen-bond acceptors (Lipinski definition) is 6. The first-order valence-corrected chi connectivity index (χ1v) is 10.1. The second kappa shape index (κ2) is 10.4. The van der Waals surface area contributed by atoms with E-state index in [-0.39, 0.29) is 24.7 Å². The van der Waals surface area contributed by atoms with Crippen LogP contribution in [0, 0.1) is 10.1 Å². The Morgan fingerprint density at radius 2 is 1.83 bits per heavy atom. The van der Waals surface area contributed by atoms with E-state index in [2.05, 4.69) is 15.1 Å². The summed E-state index contributed by atoms with van der Waals surface area (Å²) >= 11 is 6.11. The minimum absolute atomic E-state index is 0.0165. The number of nitro benzene ring substituents is 1. The third-order valence-electron chi connectivity index (χ3n) is 5.13. The molecule has 1 aliphatic heterocycles. The quantitative estimate of drug-likeness (QED) is 0.509. The monoisotopic (exact) mass is 432 g/mol. The molecule has 0 spiro atoms. The SMILES string of the molecule is COc1ccc(Cl)cc1CN1CCN(CC(=O)NCc2ccccc2[N+](=O)[O-])CC1. The molecule has 1 heterocycles. The molecule has 30 heavy (non-hydrogen) atoms. The Balaban J connectivity index is 1.45. The minimum atomic E-state index is -0.435. The van der Waals surface area contributed by atoms with Gasteiger partial charge in [-0.05, 0) is 18.2 Å². The molecule has 0 aromatic heterocycles. The first-order chi connectivity index (χ1) is 14.5. The molecule has 1 amide bonds. The van der Waals surface area contributed by atoms with Crippen molar-refractivity contribution >= 4 is 23.2 Å². The van der Waals surface area contributed by atoms with Crippen LogP contribution in [-0.4, -0.2) is 60.5 Å². The molecule has 0 saturated carbocycles. The van der Waals surface area contributed by atoms with Crippen molar-refractivity contribution in [3.05, 3.63) is 68.7 Å². The smallest absolute Gasteiger partial charge is 0.274 e. The van der Waals surface area contributed by atoms with E-state index in [1.54, 1.807) is 25.3 Å². The Morgan fingerprint density at radius 3 is 2.53 bits per heavy atom. The molecular formula is C21H25ClN4O4. The molecule has 160 valence electrons. The second-order valence-corrected chi connectivity index (χ2v) is 7.61. The highest BCUT2D eigenvalue weighted by Crippen LogP contribution is 2.24. The molecule has 2 aromatic rings. The van der Waals surface area contributed by atoms with E-state index in [0.717, 1.165) is 44.0 Å². The van der Waals surface area contributed by atoms with Crippen LogP contribution in [-0.2, 0) is 17.9 Å². The highest BCUT2D eigenvalue weighted by atomic mass is 35.5. The molecule has 0 unspecified atom stereocenters. The molecule has 1 fully saturated rings. The molecule has 0 atom stereocenters. The van der Waals surface area contributed by atoms with Gasteiger partial charge in [0.1, 0.15) is 5.75 Å². The predicted molar refractivity (Wildman–Crippen MR) is 115 cm³/mol. The van der Waals surface area contributed by atoms with Gasteiger partial charge in [0.15, 0.2) is 0 Å². The summed E-state index contributed by atoms with van der Waals surface area (Å²) < 4.78 is 5.41. The molecular weight excluding hydrogens is 408 g/mol. The molecule has 8 nitrogen and oxygen atoms in total. The van der Waals surface area contributed by atoms with Crippen LogP contribution in [0.15, 0.2) is 42.5 Å². The van der Waals surface area contributed by atoms with Crippen LogP contribution in [0.3, 0.4) is 0 Å². The second-order valence-electron chi connectivity index (χ2n) is 7.17. The number of hydrogen-bond donors (Lipinski definition) is 1. The van der Waals surface area contributed by atoms with Gasteiger partial charge in [-0.1, -0.05) is 29.8 Å². The number of para-hydroxylation sites is 1. The Morgan fingerprint density at radius 1 is 1.13 bits per heavy atom. The fraction of sp³-hybridized carbons (Fsp3) is 0.381. The number of halogens is 1. The number of nitro groups is 1. The minimum Gasteiger partial charge on any atom is -0.496 e. The Hall–Kier alpha value is -2.68. The number of carbonyl (C=O) groups is 1. The van der Waals surface area contributed by atoms with Crippen molar-refractivity contribution in [3.8, 4) is 5.75 Å². The maximum Gasteiger partial charge on any atom is 0.274 e. The number of benzene rings is 2. The molecule has 1 saturated heterocycles. The highest BCUT2D eigenvalue weighted by molar-refractivity contribution is 6.30. The van der Waals surface area contributed by atoms with Crippen molar-refractivity contribution in [2.75, 3.05) is 39.8 Å². The summed E-state index contributed by atoms with van der Waals surface area (Å²) in [5.74, 6) is 0.675. The molecule has 0 aliphatic carbocycles. The van der Waals surface area contributed by atoms with Gasteiger partial charge in [0.25, 0.3) is 5.69 Å². The van der Waals surface area contributed by atoms with Gasteiger partial charge in [0, 0.05) is 61.5 Å². The average Bonchev–Trinajstić information content (AvgIpc) is 2.74. The number of nitrogens with one attached hydrogen (secondary N) is 1. The largest absolute Gasteiger partial charge is 0.496 e. The number of ether oxygens (including phenoxy) is 1. The van der Waals surface area contributed by atoms with Gasteiger partial charge < -0.3 is 10.1 Å². The van der Waals surface area contributed by atoms with Crippen LogP contribution in [0.1, 0.15) is 11.1 Å². The summed E-state index contributed by atoms with van der Waals surface area (Å²) in [6, 6.07) is 12.0. The van der Waals surface area contributed by atoms with Gasteiger partial charge in [-0.3, -0.25) is 24.7 Å². The Kier molecular flexibility index (Phi) is 7.62. The molecule has 1 N–H and O–H groups in total. The topological polar surface area (TPSA) is 88.0 Å². The molecule has 0 bridgehead atoms. The van der Waals surface area contributed by atoms with E-state index in [1.165, 1.54) is 6.07 Å². The van der Waals surface area contributed by atoms with Crippen molar-refractivity contribution in [2.24, 2.45) is 0 Å². The lowest BCUT2D eigenvalue weighted by Gasteiger charge is -2.34. The lowest BCUT2D eigenvalue weighted by atomic mass is 10.1. The van der Waals surface area contributed by atoms with E-state index in [4.69, 9.17) is 16.3 Å². The predicted octanol–water partition coefficient (Wildman–Crippen LogP) is 2.69. The van der Waals surface area contributed by atoms with Gasteiger partial charge in [-0.2, -0.15) is 0 Å². The average molecular weight is 433 g/mol. The van der Waals surface area contributed by atoms with E-state index in [9.17, 15) is 14.9 Å². The first kappa shape index (κ1) is 22.0. The summed E-state index contributed by atoms with van der Waals surface area (Å²) in [6.45, 7) is 4.34. The number of carbonyl (C=O) groups excluding carboxylic acids is 1. The van der Waals surface area contributed by atoms with Gasteiger partial charge in [0.2, 0.25) is 5.91 Å². The maximum absolute atomic E-state index is 12.3. The molecule has 9 heteroatoms. The first-order valence-electron chi connectivity index (χ1n) is 9.72. The fourth-order valence-corrected chi connectivity index (χ4v) is 3.70. The summed E-state index contributed by atoms with van der Waals surface area (Å²) in [4.78, 5) is 27.3. The van der Waals surface area contributed by atoms with Crippen molar-refractivity contribution in [2.45, 2.75) is 13.1 Å². The molecule has 1 aliphatic rings. The number of methoxy groups -OCH3 is 1. The van der Waals surface area contributed by atoms with Crippen molar-refractivity contribution in [1.29, 1.82) is 0 Å². The van der Waals surface area contributed by atoms with E-state index < -0.39 is 4.92 Å². The van der Waals surface area contributed by atoms with E-state index in [1.807, 2.05) is 18.2 Å². The number of rotatable bonds is 8. The zero-order valence-electron chi connectivity index (χ0n) is 16.8. The standard InChI is InChI=1S/C21H25ClN4O4/c1-30-20-7-6-18(22)12-17(20)14-24-8-10-25(11-9-24)15-21(27)23-13-16-4-2-3-5-19(16)26(28)29/h2-7,12H,8-11,13-15H2,1H3,(H,23,27). The van der Waals surface area contributed by atoms with Crippen LogP contribution >= 0.6 is 11.6 Å². The molecule has 2 aromatic carbocycles. The van der Waals surface area contributed by atoms with Gasteiger partial charge in [-0.15, -0.1) is 0 Å². The van der Waals surface area contributed by atoms with E-state index in [0.29, 0.717) is 10.6 Å². The number of piperazine rings is 1. The fourth-order valence-electron chi connectivity index (χ4n) is 3.51. The highest BCUT2D eigenvalue weighted by Gasteiger charge is 2.20. The van der Waals surface area contributed by atoms with Crippen LogP contribution in [0.25, 0.3) is 0 Å². The van der Waals surface area contributed by atoms with Crippen molar-refractivity contribution in [3.63, 3.8) is 0 Å². The summed E-state index contributed by atoms with van der Waals surface area (Å²) in [5, 5.41) is 14.5. The van der Waals surface area contributed by atoms with Crippen LogP contribution in [0.2, 0.25) is 5.02 Å². The third-order valence-corrected chi connectivity index (χ3v) is 5.37. The lowest BCUT2D eigenvalue weighted by molar-refractivity contribution is -0.385. The Bertz CT molecular complexity index is 900. The summed E-state index contributed by atoms with van der Waals surface area (Å²) in [7, 11) is 1.65. The van der Waals surface area contributed by atoms with Crippen LogP contribution in [0.4, 0.5) is 5.69 Å². The Labute approximate surface area is 180 Å².